The Labute approximate surface area is 147 Å². The Morgan fingerprint density at radius 2 is 2.00 bits per heavy atom. The summed E-state index contributed by atoms with van der Waals surface area (Å²) in [6.45, 7) is 1.88. The van der Waals surface area contributed by atoms with Crippen LogP contribution in [0.3, 0.4) is 0 Å². The van der Waals surface area contributed by atoms with Gasteiger partial charge in [-0.3, -0.25) is 29.4 Å². The number of nitrogens with one attached hydrogen (secondary N) is 1. The molecule has 1 fully saturated rings. The summed E-state index contributed by atoms with van der Waals surface area (Å²) in [7, 11) is 0. The second-order valence-corrected chi connectivity index (χ2v) is 6.07. The van der Waals surface area contributed by atoms with Crippen molar-refractivity contribution in [1.29, 1.82) is 0 Å². The maximum atomic E-state index is 12.0. The molecule has 11 nitrogen and oxygen atoms in total. The van der Waals surface area contributed by atoms with Crippen LogP contribution in [0.5, 0.6) is 0 Å². The summed E-state index contributed by atoms with van der Waals surface area (Å²) >= 11 is 0. The Morgan fingerprint density at radius 1 is 1.35 bits per heavy atom. The number of amides is 4. The molecule has 0 saturated carbocycles. The highest BCUT2D eigenvalue weighted by Crippen LogP contribution is 2.22. The van der Waals surface area contributed by atoms with E-state index in [1.807, 2.05) is 0 Å². The molecular formula is C15H16N4O7. The predicted molar refractivity (Wildman–Crippen MR) is 85.7 cm³/mol. The average molecular weight is 364 g/mol. The molecule has 1 saturated heterocycles. The number of primary amides is 1. The molecule has 1 aromatic rings. The maximum absolute atomic E-state index is 12.0. The number of nitrogens with two attached hydrogens (primary N) is 1. The number of ether oxygens (including phenoxy) is 1. The molecule has 3 N–H and O–H groups in total. The van der Waals surface area contributed by atoms with Gasteiger partial charge in [0.05, 0.1) is 10.5 Å². The molecule has 1 aliphatic heterocycles. The smallest absolute Gasteiger partial charge is 0.326 e. The van der Waals surface area contributed by atoms with Gasteiger partial charge < -0.3 is 15.8 Å². The van der Waals surface area contributed by atoms with E-state index in [-0.39, 0.29) is 11.1 Å². The number of nitro benzene ring substituents is 1. The summed E-state index contributed by atoms with van der Waals surface area (Å²) in [6, 6.07) is 2.75. The van der Waals surface area contributed by atoms with Crippen LogP contribution >= 0.6 is 0 Å². The van der Waals surface area contributed by atoms with Gasteiger partial charge in [-0.05, 0) is 26.0 Å². The summed E-state index contributed by atoms with van der Waals surface area (Å²) in [5.74, 6) is -2.34. The molecule has 1 aliphatic rings. The number of urea groups is 1. The molecule has 1 aromatic carbocycles. The molecule has 0 bridgehead atoms. The SMILES string of the molecule is CC1(C)NC(=O)N(CC(=O)OCc2ccc(C(N)=O)cc2[N+](=O)[O-])C1=O. The highest BCUT2D eigenvalue weighted by molar-refractivity contribution is 6.08. The van der Waals surface area contributed by atoms with Gasteiger partial charge in [0.15, 0.2) is 0 Å². The zero-order valence-electron chi connectivity index (χ0n) is 14.0. The van der Waals surface area contributed by atoms with Gasteiger partial charge in [-0.25, -0.2) is 4.79 Å². The third-order valence-corrected chi connectivity index (χ3v) is 3.69. The van der Waals surface area contributed by atoms with E-state index in [1.165, 1.54) is 26.0 Å². The molecule has 1 heterocycles. The Kier molecular flexibility index (Phi) is 4.91. The topological polar surface area (TPSA) is 162 Å². The zero-order valence-corrected chi connectivity index (χ0v) is 14.0. The first kappa shape index (κ1) is 18.8. The van der Waals surface area contributed by atoms with E-state index >= 15 is 0 Å². The van der Waals surface area contributed by atoms with Crippen molar-refractivity contribution < 1.29 is 28.8 Å². The second-order valence-electron chi connectivity index (χ2n) is 6.07. The van der Waals surface area contributed by atoms with Crippen molar-refractivity contribution in [1.82, 2.24) is 10.2 Å². The Morgan fingerprint density at radius 3 is 2.50 bits per heavy atom. The molecule has 0 aromatic heterocycles. The number of hydrogen-bond acceptors (Lipinski definition) is 7. The summed E-state index contributed by atoms with van der Waals surface area (Å²) < 4.78 is 4.91. The third-order valence-electron chi connectivity index (χ3n) is 3.69. The first-order chi connectivity index (χ1) is 12.0. The summed E-state index contributed by atoms with van der Waals surface area (Å²) in [4.78, 5) is 57.7. The average Bonchev–Trinajstić information content (AvgIpc) is 2.74. The van der Waals surface area contributed by atoms with Gasteiger partial charge in [-0.15, -0.1) is 0 Å². The van der Waals surface area contributed by atoms with Crippen LogP contribution in [-0.2, 0) is 20.9 Å². The fourth-order valence-corrected chi connectivity index (χ4v) is 2.30. The lowest BCUT2D eigenvalue weighted by molar-refractivity contribution is -0.385. The molecule has 0 unspecified atom stereocenters. The van der Waals surface area contributed by atoms with Gasteiger partial charge in [0.25, 0.3) is 11.6 Å². The van der Waals surface area contributed by atoms with Crippen molar-refractivity contribution >= 4 is 29.5 Å². The van der Waals surface area contributed by atoms with Crippen LogP contribution in [-0.4, -0.2) is 45.7 Å². The lowest BCUT2D eigenvalue weighted by Gasteiger charge is -2.15. The van der Waals surface area contributed by atoms with Gasteiger partial charge in [0, 0.05) is 11.6 Å². The van der Waals surface area contributed by atoms with Crippen LogP contribution in [0.4, 0.5) is 10.5 Å². The van der Waals surface area contributed by atoms with Crippen molar-refractivity contribution in [2.75, 3.05) is 6.54 Å². The van der Waals surface area contributed by atoms with E-state index in [9.17, 15) is 29.3 Å². The number of carbonyl (C=O) groups excluding carboxylic acids is 4. The van der Waals surface area contributed by atoms with Crippen LogP contribution < -0.4 is 11.1 Å². The number of benzene rings is 1. The molecular weight excluding hydrogens is 348 g/mol. The molecule has 138 valence electrons. The fraction of sp³-hybridized carbons (Fsp3) is 0.333. The van der Waals surface area contributed by atoms with E-state index in [1.54, 1.807) is 0 Å². The number of imide groups is 1. The predicted octanol–water partition coefficient (Wildman–Crippen LogP) is 0.0673. The van der Waals surface area contributed by atoms with Gasteiger partial charge in [0.2, 0.25) is 5.91 Å². The standard InChI is InChI=1S/C15H16N4O7/c1-15(2)13(22)18(14(23)17-15)6-11(20)26-7-9-4-3-8(12(16)21)5-10(9)19(24)25/h3-5H,6-7H2,1-2H3,(H2,16,21)(H,17,23). The van der Waals surface area contributed by atoms with Crippen molar-refractivity contribution in [2.24, 2.45) is 5.73 Å². The Bertz CT molecular complexity index is 818. The molecule has 2 rings (SSSR count). The highest BCUT2D eigenvalue weighted by atomic mass is 16.6. The molecule has 0 aliphatic carbocycles. The van der Waals surface area contributed by atoms with E-state index in [2.05, 4.69) is 5.32 Å². The number of rotatable bonds is 6. The fourth-order valence-electron chi connectivity index (χ4n) is 2.30. The number of nitrogens with zero attached hydrogens (tertiary/aromatic N) is 2. The van der Waals surface area contributed by atoms with E-state index < -0.39 is 53.1 Å². The second kappa shape index (κ2) is 6.78. The number of hydrogen-bond donors (Lipinski definition) is 2. The van der Waals surface area contributed by atoms with Crippen LogP contribution in [0.1, 0.15) is 29.8 Å². The number of nitro groups is 1. The van der Waals surface area contributed by atoms with Crippen molar-refractivity contribution in [3.8, 4) is 0 Å². The summed E-state index contributed by atoms with van der Waals surface area (Å²) in [5, 5.41) is 13.5. The van der Waals surface area contributed by atoms with Crippen LogP contribution in [0.15, 0.2) is 18.2 Å². The van der Waals surface area contributed by atoms with Gasteiger partial charge in [-0.2, -0.15) is 0 Å². The lowest BCUT2D eigenvalue weighted by atomic mass is 10.1. The molecule has 4 amide bonds. The van der Waals surface area contributed by atoms with E-state index in [4.69, 9.17) is 10.5 Å². The third kappa shape index (κ3) is 3.77. The van der Waals surface area contributed by atoms with E-state index in [0.717, 1.165) is 6.07 Å². The minimum absolute atomic E-state index is 0.0332. The first-order valence-electron chi connectivity index (χ1n) is 7.40. The minimum atomic E-state index is -1.12. The molecule has 26 heavy (non-hydrogen) atoms. The molecule has 0 spiro atoms. The Hall–Kier alpha value is -3.50. The van der Waals surface area contributed by atoms with Crippen LogP contribution in [0, 0.1) is 10.1 Å². The largest absolute Gasteiger partial charge is 0.459 e. The Balaban J connectivity index is 2.06. The first-order valence-corrected chi connectivity index (χ1v) is 7.40. The highest BCUT2D eigenvalue weighted by Gasteiger charge is 2.45. The maximum Gasteiger partial charge on any atom is 0.326 e. The van der Waals surface area contributed by atoms with Crippen molar-refractivity contribution in [3.05, 3.63) is 39.4 Å². The van der Waals surface area contributed by atoms with E-state index in [0.29, 0.717) is 4.90 Å². The molecule has 11 heteroatoms. The number of esters is 1. The molecule has 0 atom stereocenters. The van der Waals surface area contributed by atoms with Crippen molar-refractivity contribution in [2.45, 2.75) is 26.0 Å². The normalized spacial score (nSPS) is 15.5. The van der Waals surface area contributed by atoms with Gasteiger partial charge in [0.1, 0.15) is 18.7 Å². The summed E-state index contributed by atoms with van der Waals surface area (Å²) in [5.41, 5.74) is 3.48. The van der Waals surface area contributed by atoms with Crippen LogP contribution in [0.25, 0.3) is 0 Å². The lowest BCUT2D eigenvalue weighted by Crippen LogP contribution is -2.41. The summed E-state index contributed by atoms with van der Waals surface area (Å²) in [6.07, 6.45) is 0. The van der Waals surface area contributed by atoms with Crippen LogP contribution in [0.2, 0.25) is 0 Å². The van der Waals surface area contributed by atoms with Gasteiger partial charge >= 0.3 is 12.0 Å². The van der Waals surface area contributed by atoms with Gasteiger partial charge in [-0.1, -0.05) is 0 Å². The minimum Gasteiger partial charge on any atom is -0.459 e. The zero-order chi connectivity index (χ0) is 19.6. The quantitative estimate of drug-likeness (QED) is 0.312. The molecule has 0 radical (unpaired) electrons. The number of carbonyl (C=O) groups is 4. The van der Waals surface area contributed by atoms with Crippen molar-refractivity contribution in [3.63, 3.8) is 0 Å². The monoisotopic (exact) mass is 364 g/mol.